The number of alkyl halides is 2. The minimum atomic E-state index is -2.52. The minimum absolute atomic E-state index is 0.0229. The van der Waals surface area contributed by atoms with E-state index in [2.05, 4.69) is 15.3 Å². The summed E-state index contributed by atoms with van der Waals surface area (Å²) in [7, 11) is 1.72. The number of rotatable bonds is 6. The number of anilines is 3. The quantitative estimate of drug-likeness (QED) is 0.489. The summed E-state index contributed by atoms with van der Waals surface area (Å²) in [4.78, 5) is 23.8. The molecule has 194 valence electrons. The number of piperidine rings is 1. The molecule has 1 spiro atoms. The van der Waals surface area contributed by atoms with Gasteiger partial charge in [-0.15, -0.1) is 0 Å². The highest BCUT2D eigenvalue weighted by molar-refractivity contribution is 6.32. The molecule has 2 aromatic heterocycles. The van der Waals surface area contributed by atoms with Crippen molar-refractivity contribution in [3.05, 3.63) is 39.9 Å². The third-order valence-corrected chi connectivity index (χ3v) is 7.74. The monoisotopic (exact) mass is 520 g/mol. The molecule has 5 rings (SSSR count). The maximum absolute atomic E-state index is 13.4. The Hall–Kier alpha value is -2.72. The Bertz CT molecular complexity index is 1350. The number of hydrogen-bond donors (Lipinski definition) is 2. The molecule has 0 atom stereocenters. The van der Waals surface area contributed by atoms with Crippen molar-refractivity contribution in [1.82, 2.24) is 19.1 Å². The fourth-order valence-corrected chi connectivity index (χ4v) is 5.54. The van der Waals surface area contributed by atoms with E-state index in [1.54, 1.807) is 30.0 Å². The second-order valence-corrected chi connectivity index (χ2v) is 11.4. The van der Waals surface area contributed by atoms with Crippen LogP contribution in [0.1, 0.15) is 46.0 Å². The van der Waals surface area contributed by atoms with Crippen LogP contribution in [0.5, 0.6) is 0 Å². The molecule has 0 bridgehead atoms. The van der Waals surface area contributed by atoms with Gasteiger partial charge in [0.1, 0.15) is 5.02 Å². The summed E-state index contributed by atoms with van der Waals surface area (Å²) in [5.41, 5.74) is 0.919. The van der Waals surface area contributed by atoms with Crippen LogP contribution in [-0.2, 0) is 13.6 Å². The van der Waals surface area contributed by atoms with Gasteiger partial charge in [0.05, 0.1) is 22.8 Å². The van der Waals surface area contributed by atoms with Gasteiger partial charge in [-0.1, -0.05) is 11.6 Å². The van der Waals surface area contributed by atoms with Crippen LogP contribution in [0.4, 0.5) is 26.2 Å². The first-order chi connectivity index (χ1) is 16.8. The van der Waals surface area contributed by atoms with Crippen molar-refractivity contribution in [2.75, 3.05) is 23.3 Å². The van der Waals surface area contributed by atoms with Crippen molar-refractivity contribution in [2.45, 2.75) is 64.0 Å². The van der Waals surface area contributed by atoms with E-state index in [0.717, 1.165) is 11.0 Å². The van der Waals surface area contributed by atoms with Crippen LogP contribution < -0.4 is 15.9 Å². The van der Waals surface area contributed by atoms with Crippen molar-refractivity contribution in [2.24, 2.45) is 12.5 Å². The summed E-state index contributed by atoms with van der Waals surface area (Å²) >= 11 is 6.40. The van der Waals surface area contributed by atoms with E-state index in [0.29, 0.717) is 61.4 Å². The van der Waals surface area contributed by atoms with Gasteiger partial charge in [0, 0.05) is 45.2 Å². The predicted octanol–water partition coefficient (Wildman–Crippen LogP) is 4.70. The van der Waals surface area contributed by atoms with Gasteiger partial charge < -0.3 is 15.3 Å². The number of aromatic nitrogens is 4. The second-order valence-electron chi connectivity index (χ2n) is 10.9. The lowest BCUT2D eigenvalue weighted by Crippen LogP contribution is -2.52. The predicted molar refractivity (Wildman–Crippen MR) is 136 cm³/mol. The molecule has 0 unspecified atom stereocenters. The van der Waals surface area contributed by atoms with Crippen molar-refractivity contribution in [3.8, 4) is 0 Å². The highest BCUT2D eigenvalue weighted by Gasteiger charge is 2.56. The minimum Gasteiger partial charge on any atom is -0.390 e. The smallest absolute Gasteiger partial charge is 0.328 e. The van der Waals surface area contributed by atoms with Crippen molar-refractivity contribution >= 4 is 40.1 Å². The van der Waals surface area contributed by atoms with Gasteiger partial charge in [-0.25, -0.2) is 18.6 Å². The lowest BCUT2D eigenvalue weighted by Gasteiger charge is -2.51. The van der Waals surface area contributed by atoms with Crippen molar-refractivity contribution in [3.63, 3.8) is 0 Å². The molecule has 0 amide bonds. The molecule has 2 aliphatic rings. The summed E-state index contributed by atoms with van der Waals surface area (Å²) in [6.07, 6.45) is 3.32. The highest BCUT2D eigenvalue weighted by Crippen LogP contribution is 2.57. The number of benzene rings is 1. The maximum atomic E-state index is 13.4. The van der Waals surface area contributed by atoms with E-state index >= 15 is 0 Å². The molecule has 8 nitrogen and oxygen atoms in total. The maximum Gasteiger partial charge on any atom is 0.328 e. The van der Waals surface area contributed by atoms with Gasteiger partial charge in [0.15, 0.2) is 5.82 Å². The van der Waals surface area contributed by atoms with Gasteiger partial charge in [0.25, 0.3) is 0 Å². The van der Waals surface area contributed by atoms with Crippen LogP contribution in [0.2, 0.25) is 5.02 Å². The Morgan fingerprint density at radius 2 is 1.89 bits per heavy atom. The normalized spacial score (nSPS) is 19.0. The van der Waals surface area contributed by atoms with Crippen molar-refractivity contribution < 1.29 is 13.9 Å². The van der Waals surface area contributed by atoms with Gasteiger partial charge in [-0.3, -0.25) is 9.13 Å². The fraction of sp³-hybridized carbons (Fsp3) is 0.560. The SMILES string of the molecule is Cn1c(=O)n(CCC(C)(C)O)c2cc(Nc3nc(N4CCC5(CC4)CC(F)(F)C5)ncc3Cl)ccc21. The molecule has 3 aromatic rings. The largest absolute Gasteiger partial charge is 0.390 e. The van der Waals surface area contributed by atoms with E-state index in [1.807, 2.05) is 23.1 Å². The third-order valence-electron chi connectivity index (χ3n) is 7.46. The summed E-state index contributed by atoms with van der Waals surface area (Å²) < 4.78 is 30.1. The molecule has 0 radical (unpaired) electrons. The lowest BCUT2D eigenvalue weighted by atomic mass is 9.61. The summed E-state index contributed by atoms with van der Waals surface area (Å²) in [5, 5.41) is 13.7. The van der Waals surface area contributed by atoms with E-state index in [4.69, 9.17) is 11.6 Å². The first kappa shape index (κ1) is 25.0. The Morgan fingerprint density at radius 1 is 1.19 bits per heavy atom. The zero-order valence-electron chi connectivity index (χ0n) is 20.7. The second kappa shape index (κ2) is 8.69. The molecule has 1 aromatic carbocycles. The van der Waals surface area contributed by atoms with Crippen LogP contribution in [0.3, 0.4) is 0 Å². The summed E-state index contributed by atoms with van der Waals surface area (Å²) in [6, 6.07) is 5.57. The van der Waals surface area contributed by atoms with Gasteiger partial charge in [-0.2, -0.15) is 4.98 Å². The van der Waals surface area contributed by atoms with Gasteiger partial charge in [-0.05, 0) is 56.7 Å². The Labute approximate surface area is 212 Å². The van der Waals surface area contributed by atoms with E-state index in [9.17, 15) is 18.7 Å². The Morgan fingerprint density at radius 3 is 2.53 bits per heavy atom. The molecule has 11 heteroatoms. The van der Waals surface area contributed by atoms with E-state index in [-0.39, 0.29) is 23.9 Å². The number of nitrogens with zero attached hydrogens (tertiary/aromatic N) is 5. The molecule has 36 heavy (non-hydrogen) atoms. The molecule has 1 aliphatic carbocycles. The van der Waals surface area contributed by atoms with Crippen LogP contribution in [0.25, 0.3) is 11.0 Å². The first-order valence-corrected chi connectivity index (χ1v) is 12.6. The van der Waals surface area contributed by atoms with E-state index in [1.165, 1.54) is 6.20 Å². The zero-order chi connectivity index (χ0) is 25.9. The number of hydrogen-bond acceptors (Lipinski definition) is 6. The Balaban J connectivity index is 1.36. The third kappa shape index (κ3) is 4.80. The summed E-state index contributed by atoms with van der Waals surface area (Å²) in [6.45, 7) is 5.06. The number of aryl methyl sites for hydroxylation is 2. The number of imidazole rings is 1. The average Bonchev–Trinajstić information content (AvgIpc) is 3.02. The average molecular weight is 521 g/mol. The van der Waals surface area contributed by atoms with Crippen LogP contribution >= 0.6 is 11.6 Å². The molecule has 2 fully saturated rings. The number of fused-ring (bicyclic) bond motifs is 1. The molecule has 1 saturated heterocycles. The number of nitrogens with one attached hydrogen (secondary N) is 1. The topological polar surface area (TPSA) is 88.2 Å². The number of halogens is 3. The molecular formula is C25H31ClF2N6O2. The molecule has 1 saturated carbocycles. The Kier molecular flexibility index (Phi) is 6.02. The molecule has 2 N–H and O–H groups in total. The zero-order valence-corrected chi connectivity index (χ0v) is 21.4. The number of aliphatic hydroxyl groups is 1. The fourth-order valence-electron chi connectivity index (χ4n) is 5.40. The van der Waals surface area contributed by atoms with Crippen LogP contribution in [0.15, 0.2) is 29.2 Å². The highest BCUT2D eigenvalue weighted by atomic mass is 35.5. The van der Waals surface area contributed by atoms with Crippen LogP contribution in [0, 0.1) is 5.41 Å². The summed E-state index contributed by atoms with van der Waals surface area (Å²) in [5.74, 6) is -1.58. The van der Waals surface area contributed by atoms with Crippen molar-refractivity contribution in [1.29, 1.82) is 0 Å². The molecular weight excluding hydrogens is 490 g/mol. The first-order valence-electron chi connectivity index (χ1n) is 12.2. The molecule has 1 aliphatic heterocycles. The standard InChI is InChI=1S/C25H31ClF2N6O2/c1-23(2,36)6-11-34-19-12-16(4-5-18(19)32(3)22(34)35)30-20-17(26)13-29-21(31-20)33-9-7-24(8-10-33)14-25(27,28)15-24/h4-5,12-13,36H,6-11,14-15H2,1-3H3,(H,29,30,31). The lowest BCUT2D eigenvalue weighted by molar-refractivity contribution is -0.168. The van der Waals surface area contributed by atoms with Crippen LogP contribution in [-0.4, -0.2) is 48.8 Å². The van der Waals surface area contributed by atoms with Gasteiger partial charge >= 0.3 is 5.69 Å². The molecule has 3 heterocycles. The van der Waals surface area contributed by atoms with E-state index < -0.39 is 11.5 Å². The van der Waals surface area contributed by atoms with Gasteiger partial charge in [0.2, 0.25) is 11.9 Å².